The predicted molar refractivity (Wildman–Crippen MR) is 135 cm³/mol. The number of aromatic nitrogens is 1. The van der Waals surface area contributed by atoms with Gasteiger partial charge < -0.3 is 26.2 Å². The number of nitrogens with one attached hydrogen (secondary N) is 2. The Balaban J connectivity index is 1.46. The molecule has 3 aromatic rings. The van der Waals surface area contributed by atoms with Gasteiger partial charge in [-0.3, -0.25) is 9.59 Å². The standard InChI is InChI=1S/C26H30N6O2/c1-18(20-6-4-3-5-7-20)29-24-16-25(28-17-23(24)26(27)34)30-21-8-10-22(11-9-21)32-14-12-31(13-15-32)19(2)33/h3-11,16-18H,12-15H2,1-2H3,(H2,27,34)(H2,28,29,30)/t18-/m1/s1. The first-order valence-electron chi connectivity index (χ1n) is 11.4. The van der Waals surface area contributed by atoms with Crippen molar-refractivity contribution in [2.24, 2.45) is 5.73 Å². The number of hydrogen-bond acceptors (Lipinski definition) is 6. The molecule has 0 aliphatic carbocycles. The van der Waals surface area contributed by atoms with Crippen molar-refractivity contribution in [2.75, 3.05) is 41.7 Å². The summed E-state index contributed by atoms with van der Waals surface area (Å²) in [5, 5.41) is 6.68. The molecular weight excluding hydrogens is 428 g/mol. The lowest BCUT2D eigenvalue weighted by Crippen LogP contribution is -2.48. The van der Waals surface area contributed by atoms with Crippen LogP contribution in [0.3, 0.4) is 0 Å². The number of hydrogen-bond donors (Lipinski definition) is 3. The van der Waals surface area contributed by atoms with Gasteiger partial charge in [0.25, 0.3) is 5.91 Å². The van der Waals surface area contributed by atoms with E-state index in [1.807, 2.05) is 54.3 Å². The third-order valence-corrected chi connectivity index (χ3v) is 6.07. The molecule has 0 radical (unpaired) electrons. The summed E-state index contributed by atoms with van der Waals surface area (Å²) in [6.07, 6.45) is 1.49. The second-order valence-electron chi connectivity index (χ2n) is 8.42. The van der Waals surface area contributed by atoms with Crippen molar-refractivity contribution in [1.82, 2.24) is 9.88 Å². The number of anilines is 4. The zero-order valence-corrected chi connectivity index (χ0v) is 19.5. The molecule has 2 aromatic carbocycles. The molecule has 1 aliphatic rings. The lowest BCUT2D eigenvalue weighted by Gasteiger charge is -2.35. The summed E-state index contributed by atoms with van der Waals surface area (Å²) in [5.41, 5.74) is 9.64. The highest BCUT2D eigenvalue weighted by Crippen LogP contribution is 2.27. The van der Waals surface area contributed by atoms with Gasteiger partial charge in [0.15, 0.2) is 0 Å². The topological polar surface area (TPSA) is 104 Å². The summed E-state index contributed by atoms with van der Waals surface area (Å²) < 4.78 is 0. The lowest BCUT2D eigenvalue weighted by atomic mass is 10.1. The highest BCUT2D eigenvalue weighted by molar-refractivity contribution is 5.98. The van der Waals surface area contributed by atoms with Crippen LogP contribution in [0.25, 0.3) is 0 Å². The number of nitrogens with two attached hydrogens (primary N) is 1. The van der Waals surface area contributed by atoms with Crippen LogP contribution >= 0.6 is 0 Å². The minimum Gasteiger partial charge on any atom is -0.378 e. The molecule has 0 saturated carbocycles. The Morgan fingerprint density at radius 2 is 1.68 bits per heavy atom. The number of piperazine rings is 1. The molecule has 4 rings (SSSR count). The van der Waals surface area contributed by atoms with Gasteiger partial charge >= 0.3 is 0 Å². The second-order valence-corrected chi connectivity index (χ2v) is 8.42. The maximum absolute atomic E-state index is 12.0. The molecule has 1 atom stereocenters. The van der Waals surface area contributed by atoms with E-state index in [2.05, 4.69) is 32.7 Å². The molecule has 2 heterocycles. The van der Waals surface area contributed by atoms with Crippen molar-refractivity contribution >= 4 is 34.7 Å². The van der Waals surface area contributed by atoms with Gasteiger partial charge in [-0.1, -0.05) is 30.3 Å². The van der Waals surface area contributed by atoms with Crippen LogP contribution in [0.5, 0.6) is 0 Å². The molecule has 1 saturated heterocycles. The van der Waals surface area contributed by atoms with E-state index in [4.69, 9.17) is 5.73 Å². The molecule has 0 bridgehead atoms. The SMILES string of the molecule is CC(=O)N1CCN(c2ccc(Nc3cc(N[C@H](C)c4ccccc4)c(C(N)=O)cn3)cc2)CC1. The summed E-state index contributed by atoms with van der Waals surface area (Å²) in [4.78, 5) is 32.0. The highest BCUT2D eigenvalue weighted by atomic mass is 16.2. The number of rotatable bonds is 7. The van der Waals surface area contributed by atoms with E-state index in [-0.39, 0.29) is 11.9 Å². The molecular formula is C26H30N6O2. The first-order chi connectivity index (χ1) is 16.4. The van der Waals surface area contributed by atoms with Gasteiger partial charge in [-0.25, -0.2) is 4.98 Å². The minimum atomic E-state index is -0.531. The van der Waals surface area contributed by atoms with Gasteiger partial charge in [-0.15, -0.1) is 0 Å². The molecule has 1 aromatic heterocycles. The van der Waals surface area contributed by atoms with Crippen LogP contribution in [-0.2, 0) is 4.79 Å². The van der Waals surface area contributed by atoms with Crippen molar-refractivity contribution in [2.45, 2.75) is 19.9 Å². The second kappa shape index (κ2) is 10.2. The number of pyridine rings is 1. The largest absolute Gasteiger partial charge is 0.378 e. The molecule has 1 fully saturated rings. The molecule has 8 heteroatoms. The Kier molecular flexibility index (Phi) is 6.96. The van der Waals surface area contributed by atoms with Crippen LogP contribution in [-0.4, -0.2) is 47.9 Å². The zero-order chi connectivity index (χ0) is 24.1. The van der Waals surface area contributed by atoms with Crippen molar-refractivity contribution in [3.63, 3.8) is 0 Å². The van der Waals surface area contributed by atoms with Crippen LogP contribution in [0.15, 0.2) is 66.9 Å². The summed E-state index contributed by atoms with van der Waals surface area (Å²) >= 11 is 0. The maximum Gasteiger partial charge on any atom is 0.252 e. The number of primary amides is 1. The fraction of sp³-hybridized carbons (Fsp3) is 0.269. The number of benzene rings is 2. The average Bonchev–Trinajstić information content (AvgIpc) is 2.85. The van der Waals surface area contributed by atoms with Crippen molar-refractivity contribution < 1.29 is 9.59 Å². The van der Waals surface area contributed by atoms with E-state index in [1.165, 1.54) is 6.20 Å². The molecule has 176 valence electrons. The Morgan fingerprint density at radius 1 is 1.00 bits per heavy atom. The van der Waals surface area contributed by atoms with Crippen molar-refractivity contribution in [3.05, 3.63) is 78.0 Å². The molecule has 0 spiro atoms. The summed E-state index contributed by atoms with van der Waals surface area (Å²) in [6, 6.07) is 19.9. The van der Waals surface area contributed by atoms with Crippen LogP contribution in [0, 0.1) is 0 Å². The minimum absolute atomic E-state index is 0.0164. The zero-order valence-electron chi connectivity index (χ0n) is 19.5. The van der Waals surface area contributed by atoms with E-state index < -0.39 is 5.91 Å². The van der Waals surface area contributed by atoms with E-state index in [0.717, 1.165) is 43.1 Å². The first kappa shape index (κ1) is 23.1. The highest BCUT2D eigenvalue weighted by Gasteiger charge is 2.19. The Bertz CT molecular complexity index is 1140. The van der Waals surface area contributed by atoms with Gasteiger partial charge in [0.2, 0.25) is 5.91 Å². The Hall–Kier alpha value is -4.07. The smallest absolute Gasteiger partial charge is 0.252 e. The van der Waals surface area contributed by atoms with Crippen LogP contribution < -0.4 is 21.3 Å². The number of nitrogens with zero attached hydrogens (tertiary/aromatic N) is 3. The Morgan fingerprint density at radius 3 is 2.29 bits per heavy atom. The molecule has 4 N–H and O–H groups in total. The van der Waals surface area contributed by atoms with Gasteiger partial charge in [-0.2, -0.15) is 0 Å². The van der Waals surface area contributed by atoms with Gasteiger partial charge in [0, 0.05) is 62.8 Å². The van der Waals surface area contributed by atoms with Crippen LogP contribution in [0.1, 0.15) is 35.8 Å². The normalized spacial score (nSPS) is 14.4. The molecule has 0 unspecified atom stereocenters. The summed E-state index contributed by atoms with van der Waals surface area (Å²) in [5.74, 6) is 0.202. The first-order valence-corrected chi connectivity index (χ1v) is 11.4. The third kappa shape index (κ3) is 5.46. The van der Waals surface area contributed by atoms with Crippen molar-refractivity contribution in [1.29, 1.82) is 0 Å². The fourth-order valence-electron chi connectivity index (χ4n) is 4.08. The summed E-state index contributed by atoms with van der Waals surface area (Å²) in [7, 11) is 0. The van der Waals surface area contributed by atoms with Gasteiger partial charge in [0.05, 0.1) is 11.3 Å². The van der Waals surface area contributed by atoms with Gasteiger partial charge in [-0.05, 0) is 36.8 Å². The van der Waals surface area contributed by atoms with E-state index in [9.17, 15) is 9.59 Å². The molecule has 8 nitrogen and oxygen atoms in total. The maximum atomic E-state index is 12.0. The quantitative estimate of drug-likeness (QED) is 0.498. The molecule has 1 aliphatic heterocycles. The molecule has 34 heavy (non-hydrogen) atoms. The predicted octanol–water partition coefficient (Wildman–Crippen LogP) is 3.77. The Labute approximate surface area is 199 Å². The monoisotopic (exact) mass is 458 g/mol. The summed E-state index contributed by atoms with van der Waals surface area (Å²) in [6.45, 7) is 6.76. The lowest BCUT2D eigenvalue weighted by molar-refractivity contribution is -0.129. The van der Waals surface area contributed by atoms with Gasteiger partial charge in [0.1, 0.15) is 5.82 Å². The number of amides is 2. The molecule has 2 amide bonds. The van der Waals surface area contributed by atoms with E-state index >= 15 is 0 Å². The average molecular weight is 459 g/mol. The number of carbonyl (C=O) groups excluding carboxylic acids is 2. The third-order valence-electron chi connectivity index (χ3n) is 6.07. The van der Waals surface area contributed by atoms with Crippen LogP contribution in [0.2, 0.25) is 0 Å². The van der Waals surface area contributed by atoms with Crippen molar-refractivity contribution in [3.8, 4) is 0 Å². The number of carbonyl (C=O) groups is 2. The fourth-order valence-corrected chi connectivity index (χ4v) is 4.08. The van der Waals surface area contributed by atoms with E-state index in [1.54, 1.807) is 13.0 Å². The van der Waals surface area contributed by atoms with E-state index in [0.29, 0.717) is 17.1 Å². The van der Waals surface area contributed by atoms with Crippen LogP contribution in [0.4, 0.5) is 22.9 Å².